The van der Waals surface area contributed by atoms with Crippen molar-refractivity contribution in [2.24, 2.45) is 12.2 Å². The minimum atomic E-state index is -0.567. The third-order valence-corrected chi connectivity index (χ3v) is 7.37. The highest BCUT2D eigenvalue weighted by atomic mass is 32.2. The van der Waals surface area contributed by atoms with Gasteiger partial charge in [-0.15, -0.1) is 28.6 Å². The minimum Gasteiger partial charge on any atom is -0.422 e. The van der Waals surface area contributed by atoms with Crippen molar-refractivity contribution in [1.29, 1.82) is 0 Å². The minimum absolute atomic E-state index is 0.0929. The number of aromatic nitrogens is 5. The normalized spacial score (nSPS) is 15.4. The van der Waals surface area contributed by atoms with Gasteiger partial charge in [-0.25, -0.2) is 14.5 Å². The van der Waals surface area contributed by atoms with Crippen molar-refractivity contribution in [3.8, 4) is 0 Å². The number of benzene rings is 1. The van der Waals surface area contributed by atoms with Gasteiger partial charge in [0.05, 0.1) is 5.69 Å². The van der Waals surface area contributed by atoms with Gasteiger partial charge in [0, 0.05) is 24.1 Å². The number of pyridine rings is 1. The van der Waals surface area contributed by atoms with Crippen LogP contribution in [0.1, 0.15) is 24.0 Å². The third kappa shape index (κ3) is 5.56. The van der Waals surface area contributed by atoms with Crippen LogP contribution in [0.2, 0.25) is 0 Å². The molecule has 1 saturated heterocycles. The van der Waals surface area contributed by atoms with E-state index in [1.807, 2.05) is 37.3 Å². The molecule has 0 aliphatic carbocycles. The second-order valence-corrected chi connectivity index (χ2v) is 10.0. The van der Waals surface area contributed by atoms with Crippen LogP contribution in [0.15, 0.2) is 53.7 Å². The number of amides is 1. The molecule has 1 fully saturated rings. The molecule has 0 spiro atoms. The lowest BCUT2D eigenvalue weighted by atomic mass is 10.1. The lowest BCUT2D eigenvalue weighted by molar-refractivity contribution is 0.128. The van der Waals surface area contributed by atoms with Crippen LogP contribution in [0, 0.1) is 0 Å². The van der Waals surface area contributed by atoms with Crippen LogP contribution in [0.25, 0.3) is 0 Å². The fourth-order valence-corrected chi connectivity index (χ4v) is 5.41. The van der Waals surface area contributed by atoms with Crippen LogP contribution in [-0.2, 0) is 23.2 Å². The SMILES string of the molecule is Cn1nnnc1C(=NOCc1cccc(NC(=O)OC2(C)SCCS2)n1)c1ccccc1. The number of hydrogen-bond acceptors (Lipinski definition) is 10. The van der Waals surface area contributed by atoms with E-state index in [0.29, 0.717) is 23.0 Å². The summed E-state index contributed by atoms with van der Waals surface area (Å²) in [6, 6.07) is 14.7. The highest BCUT2D eigenvalue weighted by Gasteiger charge is 2.34. The van der Waals surface area contributed by atoms with Crippen LogP contribution in [0.4, 0.5) is 10.6 Å². The lowest BCUT2D eigenvalue weighted by Gasteiger charge is -2.21. The number of anilines is 1. The number of tetrazole rings is 1. The second-order valence-electron chi connectivity index (χ2n) is 6.79. The number of carbonyl (C=O) groups is 1. The summed E-state index contributed by atoms with van der Waals surface area (Å²) in [6.45, 7) is 1.98. The summed E-state index contributed by atoms with van der Waals surface area (Å²) in [7, 11) is 1.73. The van der Waals surface area contributed by atoms with Gasteiger partial charge in [-0.1, -0.05) is 41.6 Å². The summed E-state index contributed by atoms with van der Waals surface area (Å²) in [5.41, 5.74) is 1.90. The number of rotatable bonds is 7. The number of ether oxygens (including phenoxy) is 1. The van der Waals surface area contributed by atoms with Gasteiger partial charge < -0.3 is 9.57 Å². The fraction of sp³-hybridized carbons (Fsp3) is 0.300. The first-order chi connectivity index (χ1) is 15.5. The lowest BCUT2D eigenvalue weighted by Crippen LogP contribution is -2.26. The maximum atomic E-state index is 12.2. The maximum absolute atomic E-state index is 12.2. The first-order valence-corrected chi connectivity index (χ1v) is 11.7. The average molecular weight is 472 g/mol. The predicted molar refractivity (Wildman–Crippen MR) is 123 cm³/mol. The topological polar surface area (TPSA) is 116 Å². The van der Waals surface area contributed by atoms with E-state index in [9.17, 15) is 4.79 Å². The van der Waals surface area contributed by atoms with Crippen LogP contribution in [-0.4, -0.2) is 52.8 Å². The predicted octanol–water partition coefficient (Wildman–Crippen LogP) is 3.28. The van der Waals surface area contributed by atoms with Gasteiger partial charge in [0.2, 0.25) is 10.1 Å². The van der Waals surface area contributed by atoms with Gasteiger partial charge in [0.25, 0.3) is 0 Å². The van der Waals surface area contributed by atoms with Gasteiger partial charge in [-0.3, -0.25) is 5.32 Å². The van der Waals surface area contributed by atoms with Gasteiger partial charge in [0.1, 0.15) is 5.82 Å². The number of nitrogens with zero attached hydrogens (tertiary/aromatic N) is 6. The van der Waals surface area contributed by atoms with Crippen LogP contribution < -0.4 is 5.32 Å². The Morgan fingerprint density at radius 2 is 1.97 bits per heavy atom. The molecule has 0 atom stereocenters. The number of thioether (sulfide) groups is 2. The summed E-state index contributed by atoms with van der Waals surface area (Å²) >= 11 is 3.21. The number of aryl methyl sites for hydroxylation is 1. The van der Waals surface area contributed by atoms with E-state index in [2.05, 4.69) is 31.0 Å². The third-order valence-electron chi connectivity index (χ3n) is 4.37. The zero-order valence-electron chi connectivity index (χ0n) is 17.5. The molecule has 0 saturated carbocycles. The molecule has 2 aromatic heterocycles. The molecule has 3 aromatic rings. The van der Waals surface area contributed by atoms with Crippen molar-refractivity contribution in [2.75, 3.05) is 16.8 Å². The molecule has 4 rings (SSSR count). The van der Waals surface area contributed by atoms with E-state index in [4.69, 9.17) is 9.57 Å². The average Bonchev–Trinajstić information content (AvgIpc) is 3.40. The van der Waals surface area contributed by atoms with E-state index in [0.717, 1.165) is 17.1 Å². The Labute approximate surface area is 193 Å². The first kappa shape index (κ1) is 22.1. The Kier molecular flexibility index (Phi) is 6.90. The molecular weight excluding hydrogens is 450 g/mol. The quantitative estimate of drug-likeness (QED) is 0.409. The van der Waals surface area contributed by atoms with Crippen molar-refractivity contribution in [3.63, 3.8) is 0 Å². The zero-order chi connectivity index (χ0) is 22.4. The molecule has 166 valence electrons. The smallest absolute Gasteiger partial charge is 0.414 e. The van der Waals surface area contributed by atoms with E-state index < -0.39 is 10.4 Å². The van der Waals surface area contributed by atoms with Crippen molar-refractivity contribution >= 4 is 41.1 Å². The Morgan fingerprint density at radius 3 is 2.69 bits per heavy atom. The van der Waals surface area contributed by atoms with Crippen LogP contribution >= 0.6 is 23.5 Å². The van der Waals surface area contributed by atoms with Crippen molar-refractivity contribution in [1.82, 2.24) is 25.2 Å². The molecule has 0 unspecified atom stereocenters. The van der Waals surface area contributed by atoms with Crippen LogP contribution in [0.5, 0.6) is 0 Å². The molecule has 12 heteroatoms. The number of hydrogen-bond donors (Lipinski definition) is 1. The zero-order valence-corrected chi connectivity index (χ0v) is 19.1. The number of oxime groups is 1. The highest BCUT2D eigenvalue weighted by Crippen LogP contribution is 2.44. The molecule has 0 bridgehead atoms. The van der Waals surface area contributed by atoms with Gasteiger partial charge in [-0.2, -0.15) is 0 Å². The van der Waals surface area contributed by atoms with Crippen molar-refractivity contribution in [2.45, 2.75) is 17.8 Å². The summed E-state index contributed by atoms with van der Waals surface area (Å²) in [4.78, 5) is 22.2. The molecule has 1 aromatic carbocycles. The Morgan fingerprint density at radius 1 is 1.19 bits per heavy atom. The maximum Gasteiger partial charge on any atom is 0.414 e. The summed E-state index contributed by atoms with van der Waals surface area (Å²) < 4.78 is 6.47. The largest absolute Gasteiger partial charge is 0.422 e. The molecule has 10 nitrogen and oxygen atoms in total. The molecule has 1 aliphatic rings. The van der Waals surface area contributed by atoms with Crippen molar-refractivity contribution in [3.05, 3.63) is 65.6 Å². The summed E-state index contributed by atoms with van der Waals surface area (Å²) in [5.74, 6) is 2.75. The summed E-state index contributed by atoms with van der Waals surface area (Å²) in [6.07, 6.45) is -0.542. The van der Waals surface area contributed by atoms with E-state index in [1.54, 1.807) is 48.8 Å². The van der Waals surface area contributed by atoms with E-state index in [1.165, 1.54) is 4.68 Å². The summed E-state index contributed by atoms with van der Waals surface area (Å²) in [5, 5.41) is 18.5. The first-order valence-electron chi connectivity index (χ1n) is 9.74. The molecule has 1 aliphatic heterocycles. The van der Waals surface area contributed by atoms with Gasteiger partial charge in [0.15, 0.2) is 12.3 Å². The number of nitrogens with one attached hydrogen (secondary N) is 1. The van der Waals surface area contributed by atoms with E-state index >= 15 is 0 Å². The molecule has 1 N–H and O–H groups in total. The van der Waals surface area contributed by atoms with Crippen LogP contribution in [0.3, 0.4) is 0 Å². The fourth-order valence-electron chi connectivity index (χ4n) is 2.89. The molecule has 32 heavy (non-hydrogen) atoms. The molecule has 3 heterocycles. The molecular formula is C20H21N7O3S2. The highest BCUT2D eigenvalue weighted by molar-refractivity contribution is 8.21. The standard InChI is InChI=1S/C20H21N7O3S2/c1-20(31-11-12-32-20)30-19(28)22-16-10-6-9-15(21-16)13-29-24-17(14-7-4-3-5-8-14)18-23-25-26-27(18)2/h3-10H,11-13H2,1-2H3,(H,21,22,28). The van der Waals surface area contributed by atoms with E-state index in [-0.39, 0.29) is 6.61 Å². The second kappa shape index (κ2) is 10.0. The Hall–Kier alpha value is -3.12. The van der Waals surface area contributed by atoms with Crippen molar-refractivity contribution < 1.29 is 14.4 Å². The monoisotopic (exact) mass is 471 g/mol. The van der Waals surface area contributed by atoms with Gasteiger partial charge >= 0.3 is 6.09 Å². The van der Waals surface area contributed by atoms with Gasteiger partial charge in [-0.05, 0) is 29.5 Å². The molecule has 1 amide bonds. The molecule has 0 radical (unpaired) electrons. The Balaban J connectivity index is 1.42. The Bertz CT molecular complexity index is 1100. The number of carbonyl (C=O) groups excluding carboxylic acids is 1.